The maximum absolute atomic E-state index is 6.34. The third-order valence-electron chi connectivity index (χ3n) is 4.25. The normalized spacial score (nSPS) is 22.5. The van der Waals surface area contributed by atoms with Gasteiger partial charge < -0.3 is 5.32 Å². The van der Waals surface area contributed by atoms with Gasteiger partial charge in [-0.05, 0) is 43.1 Å². The van der Waals surface area contributed by atoms with Crippen LogP contribution in [0.25, 0.3) is 0 Å². The number of nitrogens with one attached hydrogen (secondary N) is 1. The van der Waals surface area contributed by atoms with Gasteiger partial charge in [-0.1, -0.05) is 53.9 Å². The van der Waals surface area contributed by atoms with Gasteiger partial charge in [-0.2, -0.15) is 0 Å². The molecule has 1 aromatic rings. The molecule has 0 aliphatic carbocycles. The lowest BCUT2D eigenvalue weighted by Crippen LogP contribution is -2.41. The Balaban J connectivity index is 2.03. The molecular weight excluding hydrogens is 336 g/mol. The van der Waals surface area contributed by atoms with E-state index in [1.807, 2.05) is 6.07 Å². The second-order valence-electron chi connectivity index (χ2n) is 5.77. The van der Waals surface area contributed by atoms with Crippen molar-refractivity contribution in [1.82, 2.24) is 10.2 Å². The maximum atomic E-state index is 6.34. The fourth-order valence-electron chi connectivity index (χ4n) is 2.72. The van der Waals surface area contributed by atoms with Crippen LogP contribution in [-0.2, 0) is 6.54 Å². The van der Waals surface area contributed by atoms with E-state index in [0.29, 0.717) is 6.04 Å². The smallest absolute Gasteiger partial charge is 0.0462 e. The van der Waals surface area contributed by atoms with E-state index in [1.165, 1.54) is 18.4 Å². The van der Waals surface area contributed by atoms with Gasteiger partial charge in [0.25, 0.3) is 0 Å². The van der Waals surface area contributed by atoms with Gasteiger partial charge in [0.1, 0.15) is 0 Å². The third kappa shape index (κ3) is 4.45. The van der Waals surface area contributed by atoms with Crippen LogP contribution in [0.4, 0.5) is 0 Å². The molecule has 0 saturated carbocycles. The molecule has 2 atom stereocenters. The molecule has 0 radical (unpaired) electrons. The molecule has 1 fully saturated rings. The monoisotopic (exact) mass is 358 g/mol. The molecule has 4 heteroatoms. The molecule has 1 aliphatic rings. The Labute approximate surface area is 136 Å². The highest BCUT2D eigenvalue weighted by molar-refractivity contribution is 9.10. The molecule has 0 spiro atoms. The molecule has 0 amide bonds. The van der Waals surface area contributed by atoms with Crippen LogP contribution < -0.4 is 5.32 Å². The summed E-state index contributed by atoms with van der Waals surface area (Å²) in [5.74, 6) is 0.719. The predicted octanol–water partition coefficient (Wildman–Crippen LogP) is 4.31. The maximum Gasteiger partial charge on any atom is 0.0462 e. The summed E-state index contributed by atoms with van der Waals surface area (Å²) in [7, 11) is 0. The number of benzene rings is 1. The Morgan fingerprint density at radius 3 is 3.00 bits per heavy atom. The van der Waals surface area contributed by atoms with Crippen LogP contribution >= 0.6 is 27.5 Å². The standard InChI is InChI=1S/C16H24BrClN2/c1-3-12(2)16-11-20(8-4-7-19-16)10-13-5-6-14(17)9-15(13)18/h5-6,9,12,16,19H,3-4,7-8,10-11H2,1-2H3. The minimum atomic E-state index is 0.594. The second-order valence-corrected chi connectivity index (χ2v) is 7.09. The fourth-order valence-corrected chi connectivity index (χ4v) is 3.46. The molecule has 0 bridgehead atoms. The van der Waals surface area contributed by atoms with Crippen molar-refractivity contribution in [3.05, 3.63) is 33.3 Å². The quantitative estimate of drug-likeness (QED) is 0.861. The van der Waals surface area contributed by atoms with Crippen molar-refractivity contribution in [2.75, 3.05) is 19.6 Å². The highest BCUT2D eigenvalue weighted by Crippen LogP contribution is 2.23. The third-order valence-corrected chi connectivity index (χ3v) is 5.10. The van der Waals surface area contributed by atoms with E-state index < -0.39 is 0 Å². The van der Waals surface area contributed by atoms with Gasteiger partial charge in [0.15, 0.2) is 0 Å². The molecule has 2 nitrogen and oxygen atoms in total. The van der Waals surface area contributed by atoms with Crippen molar-refractivity contribution in [2.45, 2.75) is 39.3 Å². The van der Waals surface area contributed by atoms with E-state index in [9.17, 15) is 0 Å². The van der Waals surface area contributed by atoms with Gasteiger partial charge in [0.05, 0.1) is 0 Å². The molecule has 1 heterocycles. The Morgan fingerprint density at radius 2 is 2.30 bits per heavy atom. The summed E-state index contributed by atoms with van der Waals surface area (Å²) < 4.78 is 1.04. The topological polar surface area (TPSA) is 15.3 Å². The van der Waals surface area contributed by atoms with Crippen molar-refractivity contribution in [3.63, 3.8) is 0 Å². The van der Waals surface area contributed by atoms with Crippen LogP contribution in [0.15, 0.2) is 22.7 Å². The Bertz CT molecular complexity index is 438. The Hall–Kier alpha value is -0.0900. The number of rotatable bonds is 4. The van der Waals surface area contributed by atoms with Gasteiger partial charge in [-0.25, -0.2) is 0 Å². The molecular formula is C16H24BrClN2. The van der Waals surface area contributed by atoms with E-state index in [2.05, 4.69) is 52.1 Å². The molecule has 20 heavy (non-hydrogen) atoms. The van der Waals surface area contributed by atoms with E-state index >= 15 is 0 Å². The second kappa shape index (κ2) is 7.79. The summed E-state index contributed by atoms with van der Waals surface area (Å²) in [6.07, 6.45) is 2.44. The predicted molar refractivity (Wildman–Crippen MR) is 90.3 cm³/mol. The van der Waals surface area contributed by atoms with Crippen molar-refractivity contribution in [2.24, 2.45) is 5.92 Å². The van der Waals surface area contributed by atoms with Gasteiger partial charge in [-0.3, -0.25) is 4.90 Å². The van der Waals surface area contributed by atoms with Crippen LogP contribution in [-0.4, -0.2) is 30.6 Å². The summed E-state index contributed by atoms with van der Waals surface area (Å²) in [5, 5.41) is 4.55. The first-order chi connectivity index (χ1) is 9.60. The van der Waals surface area contributed by atoms with Crippen molar-refractivity contribution < 1.29 is 0 Å². The summed E-state index contributed by atoms with van der Waals surface area (Å²) >= 11 is 9.81. The highest BCUT2D eigenvalue weighted by Gasteiger charge is 2.22. The van der Waals surface area contributed by atoms with Crippen LogP contribution in [0.2, 0.25) is 5.02 Å². The largest absolute Gasteiger partial charge is 0.312 e. The first-order valence-corrected chi connectivity index (χ1v) is 8.67. The number of halogens is 2. The van der Waals surface area contributed by atoms with E-state index in [4.69, 9.17) is 11.6 Å². The minimum absolute atomic E-state index is 0.594. The number of hydrogen-bond acceptors (Lipinski definition) is 2. The molecule has 112 valence electrons. The lowest BCUT2D eigenvalue weighted by Gasteiger charge is -2.28. The fraction of sp³-hybridized carbons (Fsp3) is 0.625. The van der Waals surface area contributed by atoms with Crippen molar-refractivity contribution >= 4 is 27.5 Å². The molecule has 1 aromatic carbocycles. The van der Waals surface area contributed by atoms with Crippen LogP contribution in [0.3, 0.4) is 0 Å². The molecule has 2 rings (SSSR count). The average Bonchev–Trinajstić information content (AvgIpc) is 2.66. The molecule has 1 aliphatic heterocycles. The van der Waals surface area contributed by atoms with E-state index in [0.717, 1.165) is 41.6 Å². The lowest BCUT2D eigenvalue weighted by atomic mass is 9.99. The van der Waals surface area contributed by atoms with E-state index in [-0.39, 0.29) is 0 Å². The van der Waals surface area contributed by atoms with Gasteiger partial charge in [0.2, 0.25) is 0 Å². The molecule has 1 N–H and O–H groups in total. The summed E-state index contributed by atoms with van der Waals surface area (Å²) in [4.78, 5) is 2.53. The van der Waals surface area contributed by atoms with E-state index in [1.54, 1.807) is 0 Å². The number of hydrogen-bond donors (Lipinski definition) is 1. The number of nitrogens with zero attached hydrogens (tertiary/aromatic N) is 1. The Morgan fingerprint density at radius 1 is 1.50 bits per heavy atom. The molecule has 1 saturated heterocycles. The zero-order valence-corrected chi connectivity index (χ0v) is 14.7. The van der Waals surface area contributed by atoms with Crippen LogP contribution in [0.1, 0.15) is 32.3 Å². The summed E-state index contributed by atoms with van der Waals surface area (Å²) in [5.41, 5.74) is 1.22. The Kier molecular flexibility index (Phi) is 6.34. The van der Waals surface area contributed by atoms with Crippen molar-refractivity contribution in [1.29, 1.82) is 0 Å². The summed E-state index contributed by atoms with van der Waals surface area (Å²) in [6.45, 7) is 8.94. The molecule has 2 unspecified atom stereocenters. The van der Waals surface area contributed by atoms with Gasteiger partial charge in [0, 0.05) is 28.6 Å². The summed E-state index contributed by atoms with van der Waals surface area (Å²) in [6, 6.07) is 6.78. The highest BCUT2D eigenvalue weighted by atomic mass is 79.9. The van der Waals surface area contributed by atoms with Crippen molar-refractivity contribution in [3.8, 4) is 0 Å². The van der Waals surface area contributed by atoms with Crippen LogP contribution in [0, 0.1) is 5.92 Å². The first kappa shape index (κ1) is 16.3. The average molecular weight is 360 g/mol. The zero-order chi connectivity index (χ0) is 14.5. The van der Waals surface area contributed by atoms with Gasteiger partial charge in [-0.15, -0.1) is 0 Å². The minimum Gasteiger partial charge on any atom is -0.312 e. The molecule has 0 aromatic heterocycles. The van der Waals surface area contributed by atoms with Crippen LogP contribution in [0.5, 0.6) is 0 Å². The lowest BCUT2D eigenvalue weighted by molar-refractivity contribution is 0.231. The van der Waals surface area contributed by atoms with Gasteiger partial charge >= 0.3 is 0 Å². The SMILES string of the molecule is CCC(C)C1CN(Cc2ccc(Br)cc2Cl)CCCN1. The zero-order valence-electron chi connectivity index (χ0n) is 12.3. The first-order valence-electron chi connectivity index (χ1n) is 7.49.